The van der Waals surface area contributed by atoms with E-state index in [-0.39, 0.29) is 38.6 Å². The molecule has 9 nitrogen and oxygen atoms in total. The second-order valence-corrected chi connectivity index (χ2v) is 20.6. The number of nitrogens with two attached hydrogens (primary N) is 1. The first-order valence-electron chi connectivity index (χ1n) is 28.0. The lowest BCUT2D eigenvalue weighted by atomic mass is 10.0. The lowest BCUT2D eigenvalue weighted by Gasteiger charge is -2.19. The highest BCUT2D eigenvalue weighted by molar-refractivity contribution is 7.47. The van der Waals surface area contributed by atoms with Gasteiger partial charge in [-0.2, -0.15) is 0 Å². The van der Waals surface area contributed by atoms with Gasteiger partial charge in [0.25, 0.3) is 0 Å². The molecule has 382 valence electrons. The maximum Gasteiger partial charge on any atom is 0.472 e. The third-order valence-electron chi connectivity index (χ3n) is 12.7. The molecule has 64 heavy (non-hydrogen) atoms. The summed E-state index contributed by atoms with van der Waals surface area (Å²) in [4.78, 5) is 35.1. The Morgan fingerprint density at radius 1 is 0.406 bits per heavy atom. The largest absolute Gasteiger partial charge is 0.472 e. The van der Waals surface area contributed by atoms with E-state index in [4.69, 9.17) is 24.3 Å². The van der Waals surface area contributed by atoms with Crippen LogP contribution in [0.2, 0.25) is 0 Å². The third kappa shape index (κ3) is 50.4. The molecule has 0 aliphatic rings. The SMILES string of the molecule is CCCCCCCCCCCCCCCCCCCCCCCCCCC(=O)OC(COC(=O)CCCCCCCCCCCCCCCCCCCCC)COP(=O)(O)OCCN. The molecule has 0 heterocycles. The summed E-state index contributed by atoms with van der Waals surface area (Å²) in [5.41, 5.74) is 5.38. The first kappa shape index (κ1) is 63.0. The first-order chi connectivity index (χ1) is 31.3. The third-order valence-corrected chi connectivity index (χ3v) is 13.7. The van der Waals surface area contributed by atoms with Crippen molar-refractivity contribution in [2.75, 3.05) is 26.4 Å². The molecule has 0 amide bonds. The van der Waals surface area contributed by atoms with E-state index in [0.717, 1.165) is 32.1 Å². The van der Waals surface area contributed by atoms with Crippen LogP contribution < -0.4 is 5.73 Å². The van der Waals surface area contributed by atoms with Gasteiger partial charge in [0.2, 0.25) is 0 Å². The Labute approximate surface area is 397 Å². The average molecular weight is 930 g/mol. The minimum absolute atomic E-state index is 0.0585. The zero-order valence-electron chi connectivity index (χ0n) is 42.6. The molecule has 0 rings (SSSR count). The van der Waals surface area contributed by atoms with Crippen LogP contribution in [0.15, 0.2) is 0 Å². The van der Waals surface area contributed by atoms with Crippen LogP contribution in [0.1, 0.15) is 303 Å². The van der Waals surface area contributed by atoms with Crippen LogP contribution in [0.4, 0.5) is 0 Å². The Hall–Kier alpha value is -0.990. The minimum Gasteiger partial charge on any atom is -0.462 e. The van der Waals surface area contributed by atoms with Gasteiger partial charge in [0.05, 0.1) is 13.2 Å². The van der Waals surface area contributed by atoms with Crippen LogP contribution in [0.25, 0.3) is 0 Å². The van der Waals surface area contributed by atoms with Crippen molar-refractivity contribution in [3.8, 4) is 0 Å². The summed E-state index contributed by atoms with van der Waals surface area (Å²) < 4.78 is 33.0. The van der Waals surface area contributed by atoms with Gasteiger partial charge < -0.3 is 20.1 Å². The van der Waals surface area contributed by atoms with Crippen molar-refractivity contribution in [3.63, 3.8) is 0 Å². The van der Waals surface area contributed by atoms with Crippen LogP contribution in [0.5, 0.6) is 0 Å². The molecule has 0 saturated carbocycles. The van der Waals surface area contributed by atoms with E-state index in [9.17, 15) is 19.0 Å². The molecule has 0 spiro atoms. The highest BCUT2D eigenvalue weighted by Gasteiger charge is 2.26. The van der Waals surface area contributed by atoms with E-state index in [0.29, 0.717) is 6.42 Å². The van der Waals surface area contributed by atoms with E-state index in [2.05, 4.69) is 13.8 Å². The Balaban J connectivity index is 3.92. The summed E-state index contributed by atoms with van der Waals surface area (Å²) in [6, 6.07) is 0. The van der Waals surface area contributed by atoms with Crippen LogP contribution in [-0.2, 0) is 32.7 Å². The van der Waals surface area contributed by atoms with Crippen LogP contribution in [0, 0.1) is 0 Å². The molecule has 0 radical (unpaired) electrons. The maximum atomic E-state index is 12.7. The number of carbonyl (C=O) groups is 2. The Morgan fingerprint density at radius 3 is 0.953 bits per heavy atom. The molecule has 0 aromatic heterocycles. The van der Waals surface area contributed by atoms with Crippen molar-refractivity contribution in [1.29, 1.82) is 0 Å². The van der Waals surface area contributed by atoms with Crippen molar-refractivity contribution < 1.29 is 37.6 Å². The number of unbranched alkanes of at least 4 members (excludes halogenated alkanes) is 41. The summed E-state index contributed by atoms with van der Waals surface area (Å²) in [6.45, 7) is 3.82. The molecule has 0 bridgehead atoms. The molecular formula is C54H108NO8P. The lowest BCUT2D eigenvalue weighted by molar-refractivity contribution is -0.161. The smallest absolute Gasteiger partial charge is 0.462 e. The number of ether oxygens (including phenoxy) is 2. The Morgan fingerprint density at radius 2 is 0.672 bits per heavy atom. The predicted octanol–water partition coefficient (Wildman–Crippen LogP) is 17.1. The zero-order valence-corrected chi connectivity index (χ0v) is 43.4. The second kappa shape index (κ2) is 51.4. The van der Waals surface area contributed by atoms with Crippen molar-refractivity contribution in [1.82, 2.24) is 0 Å². The molecular weight excluding hydrogens is 822 g/mol. The number of hydrogen-bond acceptors (Lipinski definition) is 8. The average Bonchev–Trinajstić information content (AvgIpc) is 3.28. The number of hydrogen-bond donors (Lipinski definition) is 2. The molecule has 10 heteroatoms. The molecule has 0 aromatic carbocycles. The van der Waals surface area contributed by atoms with Gasteiger partial charge >= 0.3 is 19.8 Å². The van der Waals surface area contributed by atoms with E-state index in [1.807, 2.05) is 0 Å². The number of phosphoric acid groups is 1. The van der Waals surface area contributed by atoms with Crippen molar-refractivity contribution >= 4 is 19.8 Å². The van der Waals surface area contributed by atoms with Crippen molar-refractivity contribution in [3.05, 3.63) is 0 Å². The molecule has 0 aliphatic carbocycles. The van der Waals surface area contributed by atoms with Gasteiger partial charge in [-0.15, -0.1) is 0 Å². The van der Waals surface area contributed by atoms with Gasteiger partial charge in [-0.25, -0.2) is 4.57 Å². The van der Waals surface area contributed by atoms with E-state index >= 15 is 0 Å². The van der Waals surface area contributed by atoms with Crippen LogP contribution in [0.3, 0.4) is 0 Å². The van der Waals surface area contributed by atoms with E-state index in [1.54, 1.807) is 0 Å². The van der Waals surface area contributed by atoms with Gasteiger partial charge in [-0.3, -0.25) is 18.6 Å². The molecule has 2 atom stereocenters. The number of phosphoric ester groups is 1. The summed E-state index contributed by atoms with van der Waals surface area (Å²) in [7, 11) is -4.38. The Bertz CT molecular complexity index is 1020. The van der Waals surface area contributed by atoms with Crippen molar-refractivity contribution in [2.24, 2.45) is 5.73 Å². The normalized spacial score (nSPS) is 13.0. The highest BCUT2D eigenvalue weighted by Crippen LogP contribution is 2.43. The molecule has 0 aromatic rings. The van der Waals surface area contributed by atoms with Gasteiger partial charge in [0.1, 0.15) is 6.61 Å². The predicted molar refractivity (Wildman–Crippen MR) is 271 cm³/mol. The van der Waals surface area contributed by atoms with Crippen molar-refractivity contribution in [2.45, 2.75) is 309 Å². The molecule has 0 saturated heterocycles. The fraction of sp³-hybridized carbons (Fsp3) is 0.963. The summed E-state index contributed by atoms with van der Waals surface area (Å²) in [6.07, 6.45) is 55.8. The van der Waals surface area contributed by atoms with Gasteiger partial charge in [-0.1, -0.05) is 277 Å². The quantitative estimate of drug-likeness (QED) is 0.0347. The van der Waals surface area contributed by atoms with Gasteiger partial charge in [0.15, 0.2) is 6.10 Å². The minimum atomic E-state index is -4.38. The summed E-state index contributed by atoms with van der Waals surface area (Å²) in [5, 5.41) is 0. The van der Waals surface area contributed by atoms with E-state index < -0.39 is 26.5 Å². The van der Waals surface area contributed by atoms with Gasteiger partial charge in [-0.05, 0) is 12.8 Å². The fourth-order valence-electron chi connectivity index (χ4n) is 8.58. The zero-order chi connectivity index (χ0) is 46.7. The standard InChI is InChI=1S/C54H108NO8P/c1-3-5-7-9-11-13-15-17-19-21-23-24-25-26-27-29-31-33-35-37-39-41-43-45-47-54(57)63-52(51-62-64(58,59)61-49-48-55)50-60-53(56)46-44-42-40-38-36-34-32-30-28-22-20-18-16-14-12-10-8-6-4-2/h52H,3-51,55H2,1-2H3,(H,58,59). The second-order valence-electron chi connectivity index (χ2n) is 19.2. The molecule has 0 fully saturated rings. The van der Waals surface area contributed by atoms with Crippen LogP contribution >= 0.6 is 7.82 Å². The number of rotatable bonds is 54. The number of carbonyl (C=O) groups excluding carboxylic acids is 2. The highest BCUT2D eigenvalue weighted by atomic mass is 31.2. The lowest BCUT2D eigenvalue weighted by Crippen LogP contribution is -2.29. The Kier molecular flexibility index (Phi) is 50.6. The van der Waals surface area contributed by atoms with E-state index in [1.165, 1.54) is 238 Å². The summed E-state index contributed by atoms with van der Waals surface area (Å²) in [5.74, 6) is -0.803. The molecule has 3 N–H and O–H groups in total. The molecule has 0 aliphatic heterocycles. The van der Waals surface area contributed by atoms with Crippen LogP contribution in [-0.4, -0.2) is 49.3 Å². The molecule has 2 unspecified atom stereocenters. The topological polar surface area (TPSA) is 134 Å². The number of esters is 2. The monoisotopic (exact) mass is 930 g/mol. The fourth-order valence-corrected chi connectivity index (χ4v) is 9.35. The van der Waals surface area contributed by atoms with Gasteiger partial charge in [0, 0.05) is 19.4 Å². The summed E-state index contributed by atoms with van der Waals surface area (Å²) >= 11 is 0. The first-order valence-corrected chi connectivity index (χ1v) is 29.5. The maximum absolute atomic E-state index is 12.7.